The maximum absolute atomic E-state index is 13.7. The quantitative estimate of drug-likeness (QED) is 0.544. The van der Waals surface area contributed by atoms with Gasteiger partial charge in [-0.25, -0.2) is 0 Å². The molecule has 2 aromatic carbocycles. The Morgan fingerprint density at radius 2 is 1.97 bits per heavy atom. The third kappa shape index (κ3) is 3.90. The number of aryl methyl sites for hydroxylation is 1. The van der Waals surface area contributed by atoms with Gasteiger partial charge in [0.2, 0.25) is 0 Å². The molecule has 0 bridgehead atoms. The lowest BCUT2D eigenvalue weighted by Crippen LogP contribution is -2.23. The highest BCUT2D eigenvalue weighted by Gasteiger charge is 2.40. The molecule has 0 fully saturated rings. The van der Waals surface area contributed by atoms with Gasteiger partial charge in [0.15, 0.2) is 5.78 Å². The summed E-state index contributed by atoms with van der Waals surface area (Å²) in [5, 5.41) is 7.96. The van der Waals surface area contributed by atoms with Crippen LogP contribution in [-0.2, 0) is 26.2 Å². The van der Waals surface area contributed by atoms with Gasteiger partial charge in [-0.3, -0.25) is 9.59 Å². The number of alkyl halides is 3. The molecule has 0 radical (unpaired) electrons. The number of carbonyl (C=O) groups excluding carboxylic acids is 2. The van der Waals surface area contributed by atoms with Crippen molar-refractivity contribution in [2.45, 2.75) is 38.9 Å². The fourth-order valence-electron chi connectivity index (χ4n) is 3.96. The second kappa shape index (κ2) is 7.89. The summed E-state index contributed by atoms with van der Waals surface area (Å²) in [5.74, 6) is -0.219. The summed E-state index contributed by atoms with van der Waals surface area (Å²) < 4.78 is 42.8. The third-order valence-corrected chi connectivity index (χ3v) is 5.80. The predicted molar refractivity (Wildman–Crippen MR) is 112 cm³/mol. The van der Waals surface area contributed by atoms with Crippen molar-refractivity contribution < 1.29 is 22.8 Å². The Bertz CT molecular complexity index is 1220. The third-order valence-electron chi connectivity index (χ3n) is 5.80. The number of rotatable bonds is 5. The molecule has 0 unspecified atom stereocenters. The van der Waals surface area contributed by atoms with Crippen LogP contribution in [0.4, 0.5) is 18.9 Å². The standard InChI is InChI=1S/C23H21F3N4O2/c1-13(7-21-28-27-12-29(21)3)15-5-4-6-17(8-15)30-11-19-18(22(30)32)9-16(14(2)31)10-20(19)23(24,25)26/h4-6,8-10,12-13H,7,11H2,1-3H3/t13-/m1/s1. The van der Waals surface area contributed by atoms with Gasteiger partial charge in [-0.15, -0.1) is 10.2 Å². The monoisotopic (exact) mass is 442 g/mol. The Kier molecular flexibility index (Phi) is 5.36. The SMILES string of the molecule is CC(=O)c1cc2c(c(C(F)(F)F)c1)CN(c1cccc([C@H](C)Cc3nncn3C)c1)C2=O. The van der Waals surface area contributed by atoms with Crippen LogP contribution in [0.15, 0.2) is 42.7 Å². The van der Waals surface area contributed by atoms with E-state index in [1.807, 2.05) is 30.7 Å². The van der Waals surface area contributed by atoms with Crippen molar-refractivity contribution in [3.8, 4) is 0 Å². The number of amides is 1. The van der Waals surface area contributed by atoms with Crippen molar-refractivity contribution in [1.29, 1.82) is 0 Å². The molecule has 166 valence electrons. The number of ketones is 1. The minimum absolute atomic E-state index is 0.0491. The van der Waals surface area contributed by atoms with Crippen LogP contribution in [0.2, 0.25) is 0 Å². The second-order valence-corrected chi connectivity index (χ2v) is 8.05. The second-order valence-electron chi connectivity index (χ2n) is 8.05. The van der Waals surface area contributed by atoms with E-state index < -0.39 is 23.4 Å². The minimum Gasteiger partial charge on any atom is -0.321 e. The molecule has 1 atom stereocenters. The van der Waals surface area contributed by atoms with Gasteiger partial charge < -0.3 is 9.47 Å². The fraction of sp³-hybridized carbons (Fsp3) is 0.304. The Labute approximate surface area is 182 Å². The molecule has 0 saturated carbocycles. The maximum atomic E-state index is 13.7. The van der Waals surface area contributed by atoms with Crippen molar-refractivity contribution in [3.05, 3.63) is 76.4 Å². The highest BCUT2D eigenvalue weighted by molar-refractivity contribution is 6.11. The van der Waals surface area contributed by atoms with E-state index in [-0.39, 0.29) is 29.2 Å². The van der Waals surface area contributed by atoms with Gasteiger partial charge in [-0.1, -0.05) is 19.1 Å². The molecule has 0 aliphatic carbocycles. The van der Waals surface area contributed by atoms with Gasteiger partial charge in [0, 0.05) is 30.3 Å². The summed E-state index contributed by atoms with van der Waals surface area (Å²) >= 11 is 0. The first kappa shape index (κ1) is 21.7. The maximum Gasteiger partial charge on any atom is 0.416 e. The summed E-state index contributed by atoms with van der Waals surface area (Å²) in [4.78, 5) is 26.1. The van der Waals surface area contributed by atoms with E-state index >= 15 is 0 Å². The van der Waals surface area contributed by atoms with Crippen LogP contribution in [0.5, 0.6) is 0 Å². The molecule has 1 aliphatic rings. The van der Waals surface area contributed by atoms with Crippen molar-refractivity contribution in [1.82, 2.24) is 14.8 Å². The smallest absolute Gasteiger partial charge is 0.321 e. The molecule has 1 amide bonds. The van der Waals surface area contributed by atoms with Crippen LogP contribution in [0, 0.1) is 0 Å². The number of halogens is 3. The number of hydrogen-bond acceptors (Lipinski definition) is 4. The molecule has 0 N–H and O–H groups in total. The summed E-state index contributed by atoms with van der Waals surface area (Å²) in [6.45, 7) is 2.98. The lowest BCUT2D eigenvalue weighted by Gasteiger charge is -2.19. The minimum atomic E-state index is -4.67. The molecule has 1 aromatic heterocycles. The first-order chi connectivity index (χ1) is 15.1. The molecule has 2 heterocycles. The Balaban J connectivity index is 1.68. The number of aromatic nitrogens is 3. The van der Waals surface area contributed by atoms with Crippen LogP contribution in [0.3, 0.4) is 0 Å². The molecule has 9 heteroatoms. The summed E-state index contributed by atoms with van der Waals surface area (Å²) in [6.07, 6.45) is -2.43. The van der Waals surface area contributed by atoms with E-state index in [9.17, 15) is 22.8 Å². The lowest BCUT2D eigenvalue weighted by atomic mass is 9.97. The van der Waals surface area contributed by atoms with Gasteiger partial charge in [0.1, 0.15) is 12.2 Å². The lowest BCUT2D eigenvalue weighted by molar-refractivity contribution is -0.138. The molecule has 0 saturated heterocycles. The molecular formula is C23H21F3N4O2. The van der Waals surface area contributed by atoms with Crippen LogP contribution < -0.4 is 4.90 Å². The number of hydrogen-bond donors (Lipinski definition) is 0. The van der Waals surface area contributed by atoms with Gasteiger partial charge in [-0.2, -0.15) is 13.2 Å². The number of nitrogens with zero attached hydrogens (tertiary/aromatic N) is 4. The highest BCUT2D eigenvalue weighted by atomic mass is 19.4. The van der Waals surface area contributed by atoms with E-state index in [4.69, 9.17) is 0 Å². The average Bonchev–Trinajstić information content (AvgIpc) is 3.29. The van der Waals surface area contributed by atoms with Gasteiger partial charge in [-0.05, 0) is 48.2 Å². The van der Waals surface area contributed by atoms with E-state index in [1.165, 1.54) is 17.9 Å². The zero-order valence-corrected chi connectivity index (χ0v) is 17.8. The Morgan fingerprint density at radius 1 is 1.22 bits per heavy atom. The number of benzene rings is 2. The summed E-state index contributed by atoms with van der Waals surface area (Å²) in [7, 11) is 1.85. The van der Waals surface area contributed by atoms with E-state index in [1.54, 1.807) is 18.5 Å². The van der Waals surface area contributed by atoms with Crippen molar-refractivity contribution in [2.24, 2.45) is 7.05 Å². The normalized spacial score (nSPS) is 14.6. The van der Waals surface area contributed by atoms with Crippen molar-refractivity contribution >= 4 is 17.4 Å². The topological polar surface area (TPSA) is 68.1 Å². The number of carbonyl (C=O) groups is 2. The zero-order valence-electron chi connectivity index (χ0n) is 17.8. The Hall–Kier alpha value is -3.49. The predicted octanol–water partition coefficient (Wildman–Crippen LogP) is 4.54. The average molecular weight is 442 g/mol. The van der Waals surface area contributed by atoms with E-state index in [2.05, 4.69) is 10.2 Å². The largest absolute Gasteiger partial charge is 0.416 e. The van der Waals surface area contributed by atoms with Crippen molar-refractivity contribution in [2.75, 3.05) is 4.90 Å². The summed E-state index contributed by atoms with van der Waals surface area (Å²) in [6, 6.07) is 9.28. The van der Waals surface area contributed by atoms with E-state index in [0.29, 0.717) is 12.1 Å². The Morgan fingerprint density at radius 3 is 2.59 bits per heavy atom. The summed E-state index contributed by atoms with van der Waals surface area (Å²) in [5.41, 5.74) is 0.175. The van der Waals surface area contributed by atoms with Crippen LogP contribution in [0.25, 0.3) is 0 Å². The van der Waals surface area contributed by atoms with Crippen molar-refractivity contribution in [3.63, 3.8) is 0 Å². The van der Waals surface area contributed by atoms with Gasteiger partial charge in [0.05, 0.1) is 12.1 Å². The first-order valence-corrected chi connectivity index (χ1v) is 10.1. The van der Waals surface area contributed by atoms with Crippen LogP contribution in [0.1, 0.15) is 63.0 Å². The fourth-order valence-corrected chi connectivity index (χ4v) is 3.96. The van der Waals surface area contributed by atoms with Crippen LogP contribution in [-0.4, -0.2) is 26.5 Å². The number of Topliss-reactive ketones (excluding diaryl/α,β-unsaturated/α-hetero) is 1. The molecule has 3 aromatic rings. The number of anilines is 1. The molecule has 6 nitrogen and oxygen atoms in total. The molecular weight excluding hydrogens is 421 g/mol. The first-order valence-electron chi connectivity index (χ1n) is 10.1. The molecule has 1 aliphatic heterocycles. The highest BCUT2D eigenvalue weighted by Crippen LogP contribution is 2.40. The molecule has 0 spiro atoms. The zero-order chi connectivity index (χ0) is 23.2. The van der Waals surface area contributed by atoms with Gasteiger partial charge in [0.25, 0.3) is 5.91 Å². The molecule has 32 heavy (non-hydrogen) atoms. The van der Waals surface area contributed by atoms with Crippen LogP contribution >= 0.6 is 0 Å². The van der Waals surface area contributed by atoms with Gasteiger partial charge >= 0.3 is 6.18 Å². The molecule has 4 rings (SSSR count). The number of fused-ring (bicyclic) bond motifs is 1. The van der Waals surface area contributed by atoms with E-state index in [0.717, 1.165) is 17.5 Å².